The maximum absolute atomic E-state index is 10.7. The first-order valence-electron chi connectivity index (χ1n) is 2.93. The van der Waals surface area contributed by atoms with Crippen LogP contribution in [-0.4, -0.2) is 17.6 Å². The normalized spacial score (nSPS) is 20.0. The predicted octanol–water partition coefficient (Wildman–Crippen LogP) is -0.375. The number of aliphatic hydroxyl groups excluding tert-OH is 1. The van der Waals surface area contributed by atoms with Crippen LogP contribution in [0.2, 0.25) is 0 Å². The summed E-state index contributed by atoms with van der Waals surface area (Å²) in [5.74, 6) is 0. The summed E-state index contributed by atoms with van der Waals surface area (Å²) in [6.45, 7) is 3.01. The lowest BCUT2D eigenvalue weighted by atomic mass is 10.7. The molecule has 0 heterocycles. The molecule has 0 aliphatic rings. The first-order valence-corrected chi connectivity index (χ1v) is 4.25. The van der Waals surface area contributed by atoms with Crippen molar-refractivity contribution in [1.29, 1.82) is 0 Å². The molecule has 3 unspecified atom stereocenters. The highest BCUT2D eigenvalue weighted by atomic mass is 31.1. The van der Waals surface area contributed by atoms with Crippen LogP contribution in [0.25, 0.3) is 0 Å². The number of nitrogens with one attached hydrogen (secondary N) is 1. The molecular weight excluding hydrogens is 155 g/mol. The van der Waals surface area contributed by atoms with Gasteiger partial charge in [-0.2, -0.15) is 0 Å². The van der Waals surface area contributed by atoms with E-state index in [2.05, 4.69) is 9.61 Å². The van der Waals surface area contributed by atoms with E-state index in [-0.39, 0.29) is 0 Å². The molecule has 0 spiro atoms. The number of hydrogen-bond acceptors (Lipinski definition) is 4. The van der Waals surface area contributed by atoms with Crippen molar-refractivity contribution in [2.24, 2.45) is 5.73 Å². The maximum atomic E-state index is 10.7. The molecule has 0 rings (SSSR count). The van der Waals surface area contributed by atoms with Crippen molar-refractivity contribution >= 4 is 8.18 Å². The molecule has 0 fully saturated rings. The zero-order valence-corrected chi connectivity index (χ0v) is 7.00. The summed E-state index contributed by atoms with van der Waals surface area (Å²) in [6, 6.07) is 0. The summed E-state index contributed by atoms with van der Waals surface area (Å²) in [7, 11) is -2.36. The molecular formula is C4H13N2O3P. The van der Waals surface area contributed by atoms with Gasteiger partial charge in [0.05, 0.1) is 0 Å². The zero-order chi connectivity index (χ0) is 8.15. The van der Waals surface area contributed by atoms with Crippen LogP contribution in [0.3, 0.4) is 0 Å². The Bertz CT molecular complexity index is 105. The molecule has 0 aromatic heterocycles. The Labute approximate surface area is 60.5 Å². The zero-order valence-electron chi connectivity index (χ0n) is 6.00. The Morgan fingerprint density at radius 1 is 1.70 bits per heavy atom. The molecule has 6 heteroatoms. The van der Waals surface area contributed by atoms with Gasteiger partial charge in [0.25, 0.3) is 8.18 Å². The lowest BCUT2D eigenvalue weighted by molar-refractivity contribution is 0.168. The van der Waals surface area contributed by atoms with Crippen molar-refractivity contribution in [3.8, 4) is 0 Å². The minimum absolute atomic E-state index is 0.572. The first kappa shape index (κ1) is 10.1. The Morgan fingerprint density at radius 2 is 2.20 bits per heavy atom. The van der Waals surface area contributed by atoms with Crippen LogP contribution in [0.15, 0.2) is 0 Å². The van der Waals surface area contributed by atoms with Gasteiger partial charge in [0.1, 0.15) is 12.5 Å². The van der Waals surface area contributed by atoms with Crippen molar-refractivity contribution in [2.75, 3.05) is 0 Å². The van der Waals surface area contributed by atoms with Gasteiger partial charge in [0.15, 0.2) is 0 Å². The van der Waals surface area contributed by atoms with E-state index in [0.717, 1.165) is 0 Å². The number of hydrogen-bond donors (Lipinski definition) is 3. The van der Waals surface area contributed by atoms with Crippen LogP contribution in [0, 0.1) is 0 Å². The molecule has 0 amide bonds. The van der Waals surface area contributed by atoms with Gasteiger partial charge >= 0.3 is 0 Å². The summed E-state index contributed by atoms with van der Waals surface area (Å²) >= 11 is 0. The standard InChI is InChI=1S/C4H13N2O3P/c1-3(5)9-10(8)6-4(2)7/h3-4,7,10H,5H2,1-2H3,(H,6,8). The summed E-state index contributed by atoms with van der Waals surface area (Å²) < 4.78 is 15.3. The van der Waals surface area contributed by atoms with Gasteiger partial charge < -0.3 is 15.4 Å². The quantitative estimate of drug-likeness (QED) is 0.393. The highest BCUT2D eigenvalue weighted by Gasteiger charge is 2.03. The van der Waals surface area contributed by atoms with Gasteiger partial charge in [-0.15, -0.1) is 0 Å². The molecule has 62 valence electrons. The summed E-state index contributed by atoms with van der Waals surface area (Å²) in [6.07, 6.45) is -1.40. The van der Waals surface area contributed by atoms with Crippen LogP contribution in [0.4, 0.5) is 0 Å². The van der Waals surface area contributed by atoms with Crippen molar-refractivity contribution in [2.45, 2.75) is 26.3 Å². The Hall–Kier alpha value is 0.0700. The smallest absolute Gasteiger partial charge is 0.261 e. The Kier molecular flexibility index (Phi) is 4.85. The van der Waals surface area contributed by atoms with Crippen LogP contribution >= 0.6 is 8.18 Å². The lowest BCUT2D eigenvalue weighted by Gasteiger charge is -2.09. The summed E-state index contributed by atoms with van der Waals surface area (Å²) in [4.78, 5) is 0. The van der Waals surface area contributed by atoms with Gasteiger partial charge in [-0.1, -0.05) is 0 Å². The van der Waals surface area contributed by atoms with Crippen molar-refractivity contribution < 1.29 is 14.2 Å². The number of nitrogens with two attached hydrogens (primary N) is 1. The molecule has 3 atom stereocenters. The molecule has 5 nitrogen and oxygen atoms in total. The summed E-state index contributed by atoms with van der Waals surface area (Å²) in [5, 5.41) is 10.9. The van der Waals surface area contributed by atoms with E-state index >= 15 is 0 Å². The summed E-state index contributed by atoms with van der Waals surface area (Å²) in [5.41, 5.74) is 5.15. The van der Waals surface area contributed by atoms with Gasteiger partial charge in [-0.25, -0.2) is 5.09 Å². The first-order chi connectivity index (χ1) is 4.52. The predicted molar refractivity (Wildman–Crippen MR) is 38.6 cm³/mol. The molecule has 10 heavy (non-hydrogen) atoms. The van der Waals surface area contributed by atoms with Crippen LogP contribution < -0.4 is 10.8 Å². The van der Waals surface area contributed by atoms with Gasteiger partial charge in [0.2, 0.25) is 0 Å². The lowest BCUT2D eigenvalue weighted by Crippen LogP contribution is -2.22. The fourth-order valence-corrected chi connectivity index (χ4v) is 1.12. The molecule has 0 aromatic rings. The molecule has 0 aliphatic carbocycles. The largest absolute Gasteiger partial charge is 0.378 e. The van der Waals surface area contributed by atoms with Crippen molar-refractivity contribution in [1.82, 2.24) is 5.09 Å². The molecule has 0 aliphatic heterocycles. The number of aliphatic hydroxyl groups is 1. The average Bonchev–Trinajstić information content (AvgIpc) is 1.58. The molecule has 0 saturated carbocycles. The topological polar surface area (TPSA) is 84.6 Å². The minimum atomic E-state index is -2.36. The average molecular weight is 168 g/mol. The third-order valence-electron chi connectivity index (χ3n) is 0.620. The van der Waals surface area contributed by atoms with Crippen molar-refractivity contribution in [3.05, 3.63) is 0 Å². The Balaban J connectivity index is 3.44. The van der Waals surface area contributed by atoms with E-state index < -0.39 is 20.6 Å². The third-order valence-corrected chi connectivity index (χ3v) is 1.86. The second kappa shape index (κ2) is 4.82. The van der Waals surface area contributed by atoms with E-state index in [9.17, 15) is 4.57 Å². The monoisotopic (exact) mass is 168 g/mol. The maximum Gasteiger partial charge on any atom is 0.261 e. The minimum Gasteiger partial charge on any atom is -0.378 e. The van der Waals surface area contributed by atoms with Gasteiger partial charge in [-0.05, 0) is 13.8 Å². The van der Waals surface area contributed by atoms with E-state index in [1.54, 1.807) is 6.92 Å². The van der Waals surface area contributed by atoms with Gasteiger partial charge in [-0.3, -0.25) is 4.57 Å². The molecule has 4 N–H and O–H groups in total. The SMILES string of the molecule is CC(O)N[PH](=O)OC(C)N. The van der Waals surface area contributed by atoms with Crippen LogP contribution in [0.5, 0.6) is 0 Å². The highest BCUT2D eigenvalue weighted by Crippen LogP contribution is 2.17. The Morgan fingerprint density at radius 3 is 2.50 bits per heavy atom. The molecule has 0 saturated heterocycles. The van der Waals surface area contributed by atoms with E-state index in [1.165, 1.54) is 6.92 Å². The van der Waals surface area contributed by atoms with Crippen molar-refractivity contribution in [3.63, 3.8) is 0 Å². The third kappa shape index (κ3) is 6.19. The second-order valence-electron chi connectivity index (χ2n) is 1.93. The van der Waals surface area contributed by atoms with E-state index in [0.29, 0.717) is 0 Å². The van der Waals surface area contributed by atoms with E-state index in [1.807, 2.05) is 0 Å². The molecule has 0 aromatic carbocycles. The second-order valence-corrected chi connectivity index (χ2v) is 3.03. The molecule has 0 bridgehead atoms. The van der Waals surface area contributed by atoms with Gasteiger partial charge in [0, 0.05) is 0 Å². The fraction of sp³-hybridized carbons (Fsp3) is 1.00. The highest BCUT2D eigenvalue weighted by molar-refractivity contribution is 7.36. The van der Waals surface area contributed by atoms with Crippen LogP contribution in [0.1, 0.15) is 13.8 Å². The fourth-order valence-electron chi connectivity index (χ4n) is 0.373. The van der Waals surface area contributed by atoms with Crippen LogP contribution in [-0.2, 0) is 9.09 Å². The molecule has 0 radical (unpaired) electrons. The van der Waals surface area contributed by atoms with E-state index in [4.69, 9.17) is 10.8 Å². The number of rotatable bonds is 4.